The molecule has 1 unspecified atom stereocenters. The standard InChI is InChI=1S/C23H25F2N3O/c1-5-7-22(15(3)28-14-16-8-11-20(26)21(27)12-16)29-18-10-9-17(6-2)19(13-18)23(4,24)25/h2,8-13,22,26-28H,3,5,7,14H2,1,4H3. The lowest BCUT2D eigenvalue weighted by Crippen LogP contribution is -2.30. The molecular weight excluding hydrogens is 372 g/mol. The summed E-state index contributed by atoms with van der Waals surface area (Å²) < 4.78 is 33.7. The molecular formula is C23H25F2N3O. The first kappa shape index (κ1) is 22.1. The van der Waals surface area contributed by atoms with Gasteiger partial charge in [-0.25, -0.2) is 8.78 Å². The molecule has 0 spiro atoms. The van der Waals surface area contributed by atoms with Crippen LogP contribution in [0.4, 0.5) is 8.78 Å². The van der Waals surface area contributed by atoms with E-state index in [9.17, 15) is 8.78 Å². The highest BCUT2D eigenvalue weighted by molar-refractivity contribution is 6.49. The van der Waals surface area contributed by atoms with Gasteiger partial charge in [0.15, 0.2) is 0 Å². The number of nitrogens with one attached hydrogen (secondary N) is 3. The number of terminal acetylenes is 1. The van der Waals surface area contributed by atoms with Crippen molar-refractivity contribution in [3.63, 3.8) is 0 Å². The fourth-order valence-corrected chi connectivity index (χ4v) is 2.85. The normalized spacial score (nSPS) is 14.8. The Bertz CT molecular complexity index is 917. The third-order valence-corrected chi connectivity index (χ3v) is 4.44. The van der Waals surface area contributed by atoms with Crippen LogP contribution in [-0.2, 0) is 5.92 Å². The van der Waals surface area contributed by atoms with Gasteiger partial charge in [-0.1, -0.05) is 31.9 Å². The van der Waals surface area contributed by atoms with Crippen molar-refractivity contribution in [1.29, 1.82) is 10.8 Å². The molecule has 29 heavy (non-hydrogen) atoms. The number of hydrogen-bond donors (Lipinski definition) is 3. The van der Waals surface area contributed by atoms with Gasteiger partial charge in [0.05, 0.1) is 11.4 Å². The molecule has 0 amide bonds. The average Bonchev–Trinajstić information content (AvgIpc) is 2.67. The number of alkyl halides is 2. The monoisotopic (exact) mass is 397 g/mol. The van der Waals surface area contributed by atoms with Crippen molar-refractivity contribution in [3.8, 4) is 18.1 Å². The van der Waals surface area contributed by atoms with Gasteiger partial charge in [-0.2, -0.15) is 0 Å². The van der Waals surface area contributed by atoms with Gasteiger partial charge < -0.3 is 10.1 Å². The van der Waals surface area contributed by atoms with Gasteiger partial charge in [-0.05, 0) is 42.3 Å². The molecule has 0 saturated carbocycles. The molecule has 6 heteroatoms. The average molecular weight is 397 g/mol. The highest BCUT2D eigenvalue weighted by Crippen LogP contribution is 2.33. The summed E-state index contributed by atoms with van der Waals surface area (Å²) in [5.41, 5.74) is 1.66. The van der Waals surface area contributed by atoms with E-state index in [1.807, 2.05) is 6.92 Å². The zero-order chi connectivity index (χ0) is 21.6. The first-order valence-corrected chi connectivity index (χ1v) is 9.30. The van der Waals surface area contributed by atoms with E-state index in [-0.39, 0.29) is 22.6 Å². The Morgan fingerprint density at radius 3 is 2.62 bits per heavy atom. The van der Waals surface area contributed by atoms with Crippen LogP contribution in [0, 0.1) is 23.2 Å². The van der Waals surface area contributed by atoms with Gasteiger partial charge in [0.1, 0.15) is 11.9 Å². The zero-order valence-corrected chi connectivity index (χ0v) is 16.6. The second-order valence-electron chi connectivity index (χ2n) is 6.89. The van der Waals surface area contributed by atoms with Crippen LogP contribution in [0.5, 0.6) is 5.75 Å². The predicted molar refractivity (Wildman–Crippen MR) is 113 cm³/mol. The van der Waals surface area contributed by atoms with Crippen LogP contribution < -0.4 is 10.1 Å². The number of benzene rings is 1. The van der Waals surface area contributed by atoms with Crippen molar-refractivity contribution >= 4 is 11.4 Å². The van der Waals surface area contributed by atoms with Gasteiger partial charge in [0, 0.05) is 30.3 Å². The van der Waals surface area contributed by atoms with Crippen molar-refractivity contribution in [3.05, 3.63) is 65.4 Å². The molecule has 1 atom stereocenters. The highest BCUT2D eigenvalue weighted by atomic mass is 19.3. The molecule has 0 radical (unpaired) electrons. The van der Waals surface area contributed by atoms with Gasteiger partial charge in [0.2, 0.25) is 0 Å². The van der Waals surface area contributed by atoms with Gasteiger partial charge in [0.25, 0.3) is 5.92 Å². The number of ether oxygens (including phenoxy) is 1. The summed E-state index contributed by atoms with van der Waals surface area (Å²) in [5.74, 6) is -0.492. The van der Waals surface area contributed by atoms with E-state index in [2.05, 4.69) is 17.8 Å². The summed E-state index contributed by atoms with van der Waals surface area (Å²) in [5, 5.41) is 18.4. The van der Waals surface area contributed by atoms with Gasteiger partial charge >= 0.3 is 0 Å². The third kappa shape index (κ3) is 5.89. The Balaban J connectivity index is 2.12. The summed E-state index contributed by atoms with van der Waals surface area (Å²) in [7, 11) is 0. The van der Waals surface area contributed by atoms with Crippen LogP contribution in [-0.4, -0.2) is 24.1 Å². The molecule has 0 fully saturated rings. The van der Waals surface area contributed by atoms with Crippen LogP contribution in [0.15, 0.2) is 54.3 Å². The quantitative estimate of drug-likeness (QED) is 0.407. The summed E-state index contributed by atoms with van der Waals surface area (Å²) in [6.45, 7) is 7.25. The fourth-order valence-electron chi connectivity index (χ4n) is 2.85. The van der Waals surface area contributed by atoms with Gasteiger partial charge in [-0.15, -0.1) is 6.42 Å². The second-order valence-corrected chi connectivity index (χ2v) is 6.89. The Morgan fingerprint density at radius 1 is 1.31 bits per heavy atom. The predicted octanol–water partition coefficient (Wildman–Crippen LogP) is 4.97. The highest BCUT2D eigenvalue weighted by Gasteiger charge is 2.28. The Kier molecular flexibility index (Phi) is 7.11. The lowest BCUT2D eigenvalue weighted by molar-refractivity contribution is 0.0168. The maximum atomic E-state index is 13.9. The van der Waals surface area contributed by atoms with Crippen molar-refractivity contribution in [2.45, 2.75) is 38.7 Å². The topological polar surface area (TPSA) is 69.0 Å². The van der Waals surface area contributed by atoms with E-state index in [0.29, 0.717) is 24.4 Å². The summed E-state index contributed by atoms with van der Waals surface area (Å²) in [4.78, 5) is 0. The minimum atomic E-state index is -3.07. The van der Waals surface area contributed by atoms with Crippen molar-refractivity contribution in [1.82, 2.24) is 5.32 Å². The van der Waals surface area contributed by atoms with E-state index in [4.69, 9.17) is 22.0 Å². The minimum Gasteiger partial charge on any atom is -0.484 e. The van der Waals surface area contributed by atoms with E-state index >= 15 is 0 Å². The van der Waals surface area contributed by atoms with Crippen LogP contribution in [0.1, 0.15) is 37.8 Å². The third-order valence-electron chi connectivity index (χ3n) is 4.44. The smallest absolute Gasteiger partial charge is 0.271 e. The van der Waals surface area contributed by atoms with Crippen molar-refractivity contribution in [2.24, 2.45) is 0 Å². The molecule has 4 nitrogen and oxygen atoms in total. The van der Waals surface area contributed by atoms with E-state index in [1.165, 1.54) is 12.1 Å². The molecule has 152 valence electrons. The van der Waals surface area contributed by atoms with E-state index in [0.717, 1.165) is 18.9 Å². The maximum Gasteiger partial charge on any atom is 0.271 e. The summed E-state index contributed by atoms with van der Waals surface area (Å²) in [6.07, 6.45) is 11.3. The molecule has 1 aliphatic carbocycles. The minimum absolute atomic E-state index is 0.137. The number of halogens is 2. The fraction of sp³-hybridized carbons (Fsp3) is 0.304. The van der Waals surface area contributed by atoms with Crippen LogP contribution >= 0.6 is 0 Å². The number of hydrogen-bond acceptors (Lipinski definition) is 4. The first-order chi connectivity index (χ1) is 13.7. The Labute approximate surface area is 170 Å². The number of allylic oxidation sites excluding steroid dienone is 2. The molecule has 0 aromatic heterocycles. The van der Waals surface area contributed by atoms with Crippen molar-refractivity contribution < 1.29 is 13.5 Å². The summed E-state index contributed by atoms with van der Waals surface area (Å²) in [6, 6.07) is 4.32. The molecule has 1 aromatic rings. The van der Waals surface area contributed by atoms with Crippen LogP contribution in [0.2, 0.25) is 0 Å². The molecule has 1 aliphatic rings. The van der Waals surface area contributed by atoms with Crippen molar-refractivity contribution in [2.75, 3.05) is 6.54 Å². The Hall–Kier alpha value is -3.20. The Morgan fingerprint density at radius 2 is 2.03 bits per heavy atom. The lowest BCUT2D eigenvalue weighted by atomic mass is 10.0. The second kappa shape index (κ2) is 9.33. The molecule has 3 N–H and O–H groups in total. The first-order valence-electron chi connectivity index (χ1n) is 9.30. The largest absolute Gasteiger partial charge is 0.484 e. The van der Waals surface area contributed by atoms with Crippen LogP contribution in [0.3, 0.4) is 0 Å². The van der Waals surface area contributed by atoms with E-state index in [1.54, 1.807) is 24.3 Å². The van der Waals surface area contributed by atoms with Crippen LogP contribution in [0.25, 0.3) is 0 Å². The zero-order valence-electron chi connectivity index (χ0n) is 16.6. The molecule has 0 saturated heterocycles. The molecule has 0 bridgehead atoms. The van der Waals surface area contributed by atoms with E-state index < -0.39 is 12.0 Å². The maximum absolute atomic E-state index is 13.9. The summed E-state index contributed by atoms with van der Waals surface area (Å²) >= 11 is 0. The SMILES string of the molecule is C#Cc1ccc(OC(CCC)C(=C)NCC2=CC(=N)C(=N)C=C2)cc1C(C)(F)F. The van der Waals surface area contributed by atoms with Gasteiger partial charge in [-0.3, -0.25) is 10.8 Å². The molecule has 0 heterocycles. The number of rotatable bonds is 9. The molecule has 1 aromatic carbocycles. The lowest BCUT2D eigenvalue weighted by Gasteiger charge is -2.24. The molecule has 2 rings (SSSR count). The molecule has 0 aliphatic heterocycles.